The van der Waals surface area contributed by atoms with Crippen molar-refractivity contribution in [2.24, 2.45) is 23.7 Å². The molecule has 5 unspecified atom stereocenters. The van der Waals surface area contributed by atoms with E-state index in [1.54, 1.807) is 5.56 Å². The van der Waals surface area contributed by atoms with Gasteiger partial charge in [-0.1, -0.05) is 57.2 Å². The smallest absolute Gasteiger partial charge is 0.0736 e. The average Bonchev–Trinajstić information content (AvgIpc) is 3.44. The molecule has 0 saturated heterocycles. The second-order valence-electron chi connectivity index (χ2n) is 9.37. The second kappa shape index (κ2) is 4.94. The molecule has 1 aromatic rings. The van der Waals surface area contributed by atoms with E-state index in [1.807, 2.05) is 0 Å². The van der Waals surface area contributed by atoms with Gasteiger partial charge in [0.2, 0.25) is 0 Å². The minimum Gasteiger partial charge on any atom is -0.360 e. The zero-order valence-electron chi connectivity index (χ0n) is 16.8. The monoisotopic (exact) mass is 345 g/mol. The van der Waals surface area contributed by atoms with Gasteiger partial charge in [0.05, 0.1) is 11.6 Å². The molecule has 2 fully saturated rings. The van der Waals surface area contributed by atoms with Gasteiger partial charge in [0.1, 0.15) is 0 Å². The fourth-order valence-corrected chi connectivity index (χ4v) is 6.93. The van der Waals surface area contributed by atoms with Crippen LogP contribution < -0.4 is 0 Å². The Labute approximate surface area is 158 Å². The normalized spacial score (nSPS) is 45.0. The predicted molar refractivity (Wildman–Crippen MR) is 109 cm³/mol. The summed E-state index contributed by atoms with van der Waals surface area (Å²) < 4.78 is 0. The lowest BCUT2D eigenvalue weighted by Gasteiger charge is -2.46. The van der Waals surface area contributed by atoms with Crippen molar-refractivity contribution >= 4 is 0 Å². The Bertz CT molecular complexity index is 861. The highest BCUT2D eigenvalue weighted by Crippen LogP contribution is 2.78. The third-order valence-corrected chi connectivity index (χ3v) is 8.62. The quantitative estimate of drug-likeness (QED) is 0.606. The van der Waals surface area contributed by atoms with Crippen LogP contribution in [0.2, 0.25) is 0 Å². The lowest BCUT2D eigenvalue weighted by Crippen LogP contribution is -2.44. The minimum absolute atomic E-state index is 0.208. The SMILES string of the molecule is C=CC1C(C)C1[C@H]1C2(C)c3ccccc3C3C=C(CC)C(C)=CN3[C@]12C. The molecular weight excluding hydrogens is 314 g/mol. The van der Waals surface area contributed by atoms with Crippen LogP contribution >= 0.6 is 0 Å². The van der Waals surface area contributed by atoms with E-state index in [9.17, 15) is 0 Å². The third kappa shape index (κ3) is 1.64. The van der Waals surface area contributed by atoms with Gasteiger partial charge in [0, 0.05) is 11.6 Å². The standard InChI is InChI=1S/C25H31N/c1-7-17-13-21-19-11-9-10-12-20(19)24(5)23(22-16(4)18(22)8-2)25(24,6)26(21)14-15(17)3/h8-14,16,18,21-23H,2,7H2,1,3-6H3/t16?,18?,21?,22?,23-,24?,25+/m0/s1. The Morgan fingerprint density at radius 2 is 1.96 bits per heavy atom. The molecule has 2 aliphatic carbocycles. The number of hydrogen-bond acceptors (Lipinski definition) is 1. The number of fused-ring (bicyclic) bond motifs is 6. The summed E-state index contributed by atoms with van der Waals surface area (Å²) in [6.07, 6.45) is 8.34. The molecule has 0 radical (unpaired) electrons. The summed E-state index contributed by atoms with van der Waals surface area (Å²) in [5.41, 5.74) is 6.52. The highest BCUT2D eigenvalue weighted by atomic mass is 15.3. The fraction of sp³-hybridized carbons (Fsp3) is 0.520. The van der Waals surface area contributed by atoms with Gasteiger partial charge in [0.15, 0.2) is 0 Å². The molecule has 26 heavy (non-hydrogen) atoms. The van der Waals surface area contributed by atoms with E-state index in [0.29, 0.717) is 17.9 Å². The molecule has 1 heteroatoms. The average molecular weight is 346 g/mol. The summed E-state index contributed by atoms with van der Waals surface area (Å²) in [6.45, 7) is 16.2. The second-order valence-corrected chi connectivity index (χ2v) is 9.37. The maximum atomic E-state index is 4.12. The molecule has 2 aliphatic heterocycles. The van der Waals surface area contributed by atoms with Gasteiger partial charge in [0.25, 0.3) is 0 Å². The minimum atomic E-state index is 0.208. The fourth-order valence-electron chi connectivity index (χ4n) is 6.93. The van der Waals surface area contributed by atoms with Crippen LogP contribution in [0.15, 0.2) is 60.3 Å². The van der Waals surface area contributed by atoms with Gasteiger partial charge in [-0.2, -0.15) is 0 Å². The Hall–Kier alpha value is -1.76. The largest absolute Gasteiger partial charge is 0.360 e. The van der Waals surface area contributed by atoms with E-state index in [2.05, 4.69) is 88.7 Å². The maximum absolute atomic E-state index is 4.12. The van der Waals surface area contributed by atoms with E-state index >= 15 is 0 Å². The Kier molecular flexibility index (Phi) is 3.12. The van der Waals surface area contributed by atoms with E-state index in [4.69, 9.17) is 0 Å². The van der Waals surface area contributed by atoms with Crippen LogP contribution in [0.1, 0.15) is 58.2 Å². The van der Waals surface area contributed by atoms with Crippen LogP contribution in [0.5, 0.6) is 0 Å². The maximum Gasteiger partial charge on any atom is 0.0736 e. The Morgan fingerprint density at radius 1 is 1.23 bits per heavy atom. The number of benzene rings is 1. The number of allylic oxidation sites excluding steroid dienone is 3. The van der Waals surface area contributed by atoms with Gasteiger partial charge < -0.3 is 4.90 Å². The van der Waals surface area contributed by atoms with E-state index < -0.39 is 0 Å². The van der Waals surface area contributed by atoms with Gasteiger partial charge in [-0.25, -0.2) is 0 Å². The predicted octanol–water partition coefficient (Wildman–Crippen LogP) is 6.01. The van der Waals surface area contributed by atoms with Crippen molar-refractivity contribution in [3.8, 4) is 0 Å². The summed E-state index contributed by atoms with van der Waals surface area (Å²) in [6, 6.07) is 9.63. The molecule has 2 saturated carbocycles. The molecule has 0 amide bonds. The highest BCUT2D eigenvalue weighted by molar-refractivity contribution is 5.57. The summed E-state index contributed by atoms with van der Waals surface area (Å²) in [5.74, 6) is 2.96. The molecule has 5 rings (SSSR count). The van der Waals surface area contributed by atoms with Crippen LogP contribution in [-0.2, 0) is 5.41 Å². The molecule has 1 aromatic carbocycles. The lowest BCUT2D eigenvalue weighted by atomic mass is 9.79. The summed E-state index contributed by atoms with van der Waals surface area (Å²) >= 11 is 0. The molecule has 0 bridgehead atoms. The summed E-state index contributed by atoms with van der Waals surface area (Å²) in [7, 11) is 0. The highest BCUT2D eigenvalue weighted by Gasteiger charge is 2.81. The van der Waals surface area contributed by atoms with Crippen molar-refractivity contribution in [1.82, 2.24) is 4.90 Å². The van der Waals surface area contributed by atoms with Crippen LogP contribution in [0.4, 0.5) is 0 Å². The molecule has 0 N–H and O–H groups in total. The molecule has 0 aromatic heterocycles. The first-order chi connectivity index (χ1) is 12.4. The zero-order valence-corrected chi connectivity index (χ0v) is 16.8. The van der Waals surface area contributed by atoms with Crippen LogP contribution in [0.25, 0.3) is 0 Å². The van der Waals surface area contributed by atoms with Crippen LogP contribution in [-0.4, -0.2) is 10.4 Å². The van der Waals surface area contributed by atoms with E-state index in [0.717, 1.165) is 18.3 Å². The Balaban J connectivity index is 1.69. The number of nitrogens with zero attached hydrogens (tertiary/aromatic N) is 1. The molecule has 2 heterocycles. The molecule has 1 nitrogen and oxygen atoms in total. The molecule has 136 valence electrons. The third-order valence-electron chi connectivity index (χ3n) is 8.62. The van der Waals surface area contributed by atoms with Gasteiger partial charge in [-0.3, -0.25) is 0 Å². The van der Waals surface area contributed by atoms with Crippen LogP contribution in [0, 0.1) is 23.7 Å². The molecule has 4 aliphatic rings. The van der Waals surface area contributed by atoms with Gasteiger partial charge in [-0.05, 0) is 66.2 Å². The Morgan fingerprint density at radius 3 is 2.62 bits per heavy atom. The van der Waals surface area contributed by atoms with Crippen molar-refractivity contribution in [2.45, 2.75) is 58.0 Å². The van der Waals surface area contributed by atoms with Gasteiger partial charge in [-0.15, -0.1) is 6.58 Å². The first kappa shape index (κ1) is 16.4. The molecular formula is C25H31N. The summed E-state index contributed by atoms with van der Waals surface area (Å²) in [4.78, 5) is 2.72. The van der Waals surface area contributed by atoms with E-state index in [1.165, 1.54) is 16.7 Å². The van der Waals surface area contributed by atoms with Crippen molar-refractivity contribution in [3.05, 3.63) is 71.5 Å². The first-order valence-corrected chi connectivity index (χ1v) is 10.3. The topological polar surface area (TPSA) is 3.24 Å². The number of rotatable bonds is 3. The van der Waals surface area contributed by atoms with Crippen molar-refractivity contribution < 1.29 is 0 Å². The summed E-state index contributed by atoms with van der Waals surface area (Å²) in [5, 5.41) is 0. The van der Waals surface area contributed by atoms with Crippen molar-refractivity contribution in [2.75, 3.05) is 0 Å². The van der Waals surface area contributed by atoms with Gasteiger partial charge >= 0.3 is 0 Å². The molecule has 0 spiro atoms. The first-order valence-electron chi connectivity index (χ1n) is 10.3. The molecule has 7 atom stereocenters. The van der Waals surface area contributed by atoms with Crippen molar-refractivity contribution in [3.63, 3.8) is 0 Å². The zero-order chi connectivity index (χ0) is 18.4. The number of hydrogen-bond donors (Lipinski definition) is 0. The lowest BCUT2D eigenvalue weighted by molar-refractivity contribution is 0.175. The van der Waals surface area contributed by atoms with Crippen molar-refractivity contribution in [1.29, 1.82) is 0 Å². The van der Waals surface area contributed by atoms with Crippen LogP contribution in [0.3, 0.4) is 0 Å². The van der Waals surface area contributed by atoms with E-state index in [-0.39, 0.29) is 11.0 Å².